The monoisotopic (exact) mass is 424 g/mol. The summed E-state index contributed by atoms with van der Waals surface area (Å²) >= 11 is 0. The summed E-state index contributed by atoms with van der Waals surface area (Å²) in [6.45, 7) is 11.4. The standard InChI is InChI=1S/C25H33N3O3/c1-25(2,3)21-8-6-20(7-9-21)24(30)26-13-12-23(29)27-22-10-4-19(5-11-22)18-28-14-16-31-17-15-28/h4-11H,12-18H2,1-3H3,(H,26,30)(H,27,29)/p+1. The second-order valence-electron chi connectivity index (χ2n) is 9.12. The summed E-state index contributed by atoms with van der Waals surface area (Å²) in [5.74, 6) is -0.279. The van der Waals surface area contributed by atoms with Gasteiger partial charge >= 0.3 is 0 Å². The molecule has 0 radical (unpaired) electrons. The molecule has 2 amide bonds. The van der Waals surface area contributed by atoms with Crippen LogP contribution >= 0.6 is 0 Å². The lowest BCUT2D eigenvalue weighted by atomic mass is 9.87. The number of hydrogen-bond acceptors (Lipinski definition) is 3. The van der Waals surface area contributed by atoms with Crippen LogP contribution in [0.2, 0.25) is 0 Å². The molecule has 0 saturated carbocycles. The van der Waals surface area contributed by atoms with E-state index in [9.17, 15) is 9.59 Å². The predicted molar refractivity (Wildman–Crippen MR) is 122 cm³/mol. The molecule has 1 heterocycles. The van der Waals surface area contributed by atoms with Gasteiger partial charge in [-0.25, -0.2) is 0 Å². The van der Waals surface area contributed by atoms with E-state index in [4.69, 9.17) is 4.74 Å². The van der Waals surface area contributed by atoms with Crippen LogP contribution in [0.5, 0.6) is 0 Å². The Morgan fingerprint density at radius 1 is 0.968 bits per heavy atom. The van der Waals surface area contributed by atoms with Crippen LogP contribution in [0.1, 0.15) is 48.7 Å². The molecule has 0 aromatic heterocycles. The molecule has 31 heavy (non-hydrogen) atoms. The van der Waals surface area contributed by atoms with Crippen LogP contribution in [0.25, 0.3) is 0 Å². The van der Waals surface area contributed by atoms with Crippen LogP contribution < -0.4 is 15.5 Å². The maximum Gasteiger partial charge on any atom is 0.251 e. The first kappa shape index (κ1) is 23.0. The average Bonchev–Trinajstić information content (AvgIpc) is 2.75. The zero-order valence-corrected chi connectivity index (χ0v) is 18.8. The van der Waals surface area contributed by atoms with Crippen LogP contribution in [0, 0.1) is 0 Å². The number of hydrogen-bond donors (Lipinski definition) is 3. The number of rotatable bonds is 7. The van der Waals surface area contributed by atoms with Crippen molar-refractivity contribution in [1.82, 2.24) is 5.32 Å². The molecule has 2 aromatic rings. The minimum absolute atomic E-state index is 0.0506. The second kappa shape index (κ2) is 10.6. The van der Waals surface area contributed by atoms with Crippen LogP contribution in [0.3, 0.4) is 0 Å². The van der Waals surface area contributed by atoms with Crippen molar-refractivity contribution in [2.24, 2.45) is 0 Å². The normalized spacial score (nSPS) is 14.8. The number of benzene rings is 2. The lowest BCUT2D eigenvalue weighted by Crippen LogP contribution is -3.12. The van der Waals surface area contributed by atoms with E-state index in [1.807, 2.05) is 36.4 Å². The number of amides is 2. The molecule has 0 bridgehead atoms. The van der Waals surface area contributed by atoms with Gasteiger partial charge in [-0.2, -0.15) is 0 Å². The highest BCUT2D eigenvalue weighted by Crippen LogP contribution is 2.22. The molecule has 1 aliphatic rings. The van der Waals surface area contributed by atoms with Crippen LogP contribution in [0.4, 0.5) is 5.69 Å². The molecule has 0 aliphatic carbocycles. The van der Waals surface area contributed by atoms with Gasteiger partial charge in [0, 0.05) is 29.8 Å². The van der Waals surface area contributed by atoms with E-state index < -0.39 is 0 Å². The quantitative estimate of drug-likeness (QED) is 0.638. The Balaban J connectivity index is 1.40. The molecule has 3 rings (SSSR count). The fraction of sp³-hybridized carbons (Fsp3) is 0.440. The Morgan fingerprint density at radius 2 is 1.61 bits per heavy atom. The van der Waals surface area contributed by atoms with Gasteiger partial charge in [0.25, 0.3) is 5.91 Å². The van der Waals surface area contributed by atoms with Crippen molar-refractivity contribution in [3.8, 4) is 0 Å². The highest BCUT2D eigenvalue weighted by Gasteiger charge is 2.15. The molecule has 1 fully saturated rings. The number of nitrogens with one attached hydrogen (secondary N) is 3. The third kappa shape index (κ3) is 7.19. The first-order chi connectivity index (χ1) is 14.8. The Kier molecular flexibility index (Phi) is 7.82. The molecule has 1 saturated heterocycles. The molecule has 0 atom stereocenters. The molecule has 166 valence electrons. The van der Waals surface area contributed by atoms with E-state index in [1.165, 1.54) is 16.0 Å². The average molecular weight is 425 g/mol. The Bertz CT molecular complexity index is 864. The fourth-order valence-corrected chi connectivity index (χ4v) is 3.57. The third-order valence-electron chi connectivity index (χ3n) is 5.54. The van der Waals surface area contributed by atoms with Crippen molar-refractivity contribution in [3.63, 3.8) is 0 Å². The zero-order valence-electron chi connectivity index (χ0n) is 18.8. The summed E-state index contributed by atoms with van der Waals surface area (Å²) in [4.78, 5) is 26.0. The number of morpholine rings is 1. The van der Waals surface area contributed by atoms with Crippen LogP contribution in [-0.4, -0.2) is 44.7 Å². The molecular formula is C25H34N3O3+. The summed E-state index contributed by atoms with van der Waals surface area (Å²) < 4.78 is 5.39. The van der Waals surface area contributed by atoms with Gasteiger partial charge in [-0.3, -0.25) is 9.59 Å². The molecule has 3 N–H and O–H groups in total. The molecular weight excluding hydrogens is 390 g/mol. The highest BCUT2D eigenvalue weighted by atomic mass is 16.5. The van der Waals surface area contributed by atoms with Gasteiger partial charge in [-0.15, -0.1) is 0 Å². The van der Waals surface area contributed by atoms with Crippen LogP contribution in [-0.2, 0) is 21.5 Å². The number of carbonyl (C=O) groups is 2. The maximum absolute atomic E-state index is 12.3. The summed E-state index contributed by atoms with van der Waals surface area (Å²) in [5, 5.41) is 5.71. The molecule has 2 aromatic carbocycles. The number of quaternary nitrogens is 1. The van der Waals surface area contributed by atoms with E-state index in [-0.39, 0.29) is 23.7 Å². The summed E-state index contributed by atoms with van der Waals surface area (Å²) in [7, 11) is 0. The van der Waals surface area contributed by atoms with Crippen LogP contribution in [0.15, 0.2) is 48.5 Å². The van der Waals surface area contributed by atoms with Crippen molar-refractivity contribution < 1.29 is 19.2 Å². The number of carbonyl (C=O) groups excluding carboxylic acids is 2. The molecule has 6 nitrogen and oxygen atoms in total. The summed E-state index contributed by atoms with van der Waals surface area (Å²) in [5.41, 5.74) is 3.86. The van der Waals surface area contributed by atoms with Gasteiger partial charge in [-0.05, 0) is 35.2 Å². The van der Waals surface area contributed by atoms with E-state index in [0.29, 0.717) is 12.1 Å². The third-order valence-corrected chi connectivity index (χ3v) is 5.54. The maximum atomic E-state index is 12.3. The number of ether oxygens (including phenoxy) is 1. The largest absolute Gasteiger partial charge is 0.370 e. The first-order valence-electron chi connectivity index (χ1n) is 11.0. The van der Waals surface area contributed by atoms with Crippen molar-refractivity contribution in [1.29, 1.82) is 0 Å². The summed E-state index contributed by atoms with van der Waals surface area (Å²) in [6, 6.07) is 15.6. The van der Waals surface area contributed by atoms with Crippen molar-refractivity contribution in [3.05, 3.63) is 65.2 Å². The Hall–Kier alpha value is -2.70. The van der Waals surface area contributed by atoms with E-state index in [1.54, 1.807) is 0 Å². The summed E-state index contributed by atoms with van der Waals surface area (Å²) in [6.07, 6.45) is 0.228. The van der Waals surface area contributed by atoms with E-state index >= 15 is 0 Å². The van der Waals surface area contributed by atoms with Gasteiger partial charge in [0.2, 0.25) is 5.91 Å². The molecule has 0 spiro atoms. The van der Waals surface area contributed by atoms with Gasteiger partial charge < -0.3 is 20.3 Å². The fourth-order valence-electron chi connectivity index (χ4n) is 3.57. The lowest BCUT2D eigenvalue weighted by molar-refractivity contribution is -0.921. The smallest absolute Gasteiger partial charge is 0.251 e. The molecule has 6 heteroatoms. The first-order valence-corrected chi connectivity index (χ1v) is 11.0. The molecule has 1 aliphatic heterocycles. The lowest BCUT2D eigenvalue weighted by Gasteiger charge is -2.23. The Labute approximate surface area is 185 Å². The van der Waals surface area contributed by atoms with Gasteiger partial charge in [0.15, 0.2) is 0 Å². The van der Waals surface area contributed by atoms with Crippen molar-refractivity contribution >= 4 is 17.5 Å². The highest BCUT2D eigenvalue weighted by molar-refractivity contribution is 5.95. The minimum atomic E-state index is -0.164. The van der Waals surface area contributed by atoms with Gasteiger partial charge in [-0.1, -0.05) is 45.0 Å². The van der Waals surface area contributed by atoms with Gasteiger partial charge in [0.05, 0.1) is 13.2 Å². The SMILES string of the molecule is CC(C)(C)c1ccc(C(=O)NCCC(=O)Nc2ccc(C[NH+]3CCOCC3)cc2)cc1. The topological polar surface area (TPSA) is 71.9 Å². The predicted octanol–water partition coefficient (Wildman–Crippen LogP) is 2.16. The van der Waals surface area contributed by atoms with E-state index in [0.717, 1.165) is 38.5 Å². The van der Waals surface area contributed by atoms with E-state index in [2.05, 4.69) is 43.5 Å². The Morgan fingerprint density at radius 3 is 2.23 bits per heavy atom. The minimum Gasteiger partial charge on any atom is -0.370 e. The van der Waals surface area contributed by atoms with Crippen molar-refractivity contribution in [2.75, 3.05) is 38.2 Å². The second-order valence-corrected chi connectivity index (χ2v) is 9.12. The number of anilines is 1. The van der Waals surface area contributed by atoms with Gasteiger partial charge in [0.1, 0.15) is 19.6 Å². The molecule has 0 unspecified atom stereocenters. The zero-order chi connectivity index (χ0) is 22.3. The van der Waals surface area contributed by atoms with Crippen molar-refractivity contribution in [2.45, 2.75) is 39.2 Å².